The first-order valence-electron chi connectivity index (χ1n) is 12.6. The van der Waals surface area contributed by atoms with Crippen LogP contribution in [-0.4, -0.2) is 24.3 Å². The Kier molecular flexibility index (Phi) is 4.91. The maximum atomic E-state index is 4.99. The van der Waals surface area contributed by atoms with Gasteiger partial charge in [0.25, 0.3) is 0 Å². The number of fused-ring (bicyclic) bond motifs is 3. The summed E-state index contributed by atoms with van der Waals surface area (Å²) in [5, 5.41) is 0. The summed E-state index contributed by atoms with van der Waals surface area (Å²) in [5.41, 5.74) is 12.4. The van der Waals surface area contributed by atoms with Crippen LogP contribution in [0.4, 0.5) is 28.4 Å². The van der Waals surface area contributed by atoms with Crippen molar-refractivity contribution >= 4 is 34.1 Å². The minimum atomic E-state index is 0.862. The van der Waals surface area contributed by atoms with Crippen LogP contribution in [0.15, 0.2) is 108 Å². The number of hydrogen-bond donors (Lipinski definition) is 0. The van der Waals surface area contributed by atoms with Gasteiger partial charge in [-0.25, -0.2) is 0 Å². The summed E-state index contributed by atoms with van der Waals surface area (Å²) in [6, 6.07) is 33.2. The molecule has 0 spiro atoms. The van der Waals surface area contributed by atoms with Gasteiger partial charge in [-0.1, -0.05) is 54.6 Å². The topological polar surface area (TPSA) is 22.1 Å². The molecule has 0 saturated carbocycles. The van der Waals surface area contributed by atoms with Crippen LogP contribution in [0, 0.1) is 0 Å². The standard InChI is InChI=1S/C32H28N4/c1-34-17-18-35(22-34)27-9-6-10-28(21-27)36-31-12-5-3-7-23(31)13-14-24-15-16-26(20-32(24)36)30-19-25-8-2-4-11-29(25)33-30/h2-12,15-18,20-21H,13-14,19,22H2,1H3. The highest BCUT2D eigenvalue weighted by Crippen LogP contribution is 2.43. The Balaban J connectivity index is 1.36. The van der Waals surface area contributed by atoms with E-state index in [4.69, 9.17) is 4.99 Å². The Morgan fingerprint density at radius 2 is 1.44 bits per heavy atom. The fraction of sp³-hybridized carbons (Fsp3) is 0.156. The van der Waals surface area contributed by atoms with Crippen molar-refractivity contribution in [3.63, 3.8) is 0 Å². The van der Waals surface area contributed by atoms with Crippen LogP contribution in [0.3, 0.4) is 0 Å². The second kappa shape index (κ2) is 8.42. The van der Waals surface area contributed by atoms with E-state index in [9.17, 15) is 0 Å². The molecule has 0 aromatic heterocycles. The zero-order valence-corrected chi connectivity index (χ0v) is 20.4. The molecule has 0 N–H and O–H groups in total. The Bertz CT molecular complexity index is 1530. The van der Waals surface area contributed by atoms with E-state index in [2.05, 4.69) is 125 Å². The van der Waals surface area contributed by atoms with Crippen molar-refractivity contribution in [2.45, 2.75) is 19.3 Å². The predicted octanol–water partition coefficient (Wildman–Crippen LogP) is 7.11. The number of benzene rings is 4. The number of rotatable bonds is 3. The van der Waals surface area contributed by atoms with E-state index in [1.165, 1.54) is 45.0 Å². The van der Waals surface area contributed by atoms with Gasteiger partial charge in [0.2, 0.25) is 0 Å². The van der Waals surface area contributed by atoms with Crippen LogP contribution in [0.2, 0.25) is 0 Å². The molecule has 4 aromatic rings. The third-order valence-corrected chi connectivity index (χ3v) is 7.46. The second-order valence-electron chi connectivity index (χ2n) is 9.86. The van der Waals surface area contributed by atoms with Crippen LogP contribution in [0.25, 0.3) is 0 Å². The van der Waals surface area contributed by atoms with E-state index in [0.717, 1.165) is 37.3 Å². The summed E-state index contributed by atoms with van der Waals surface area (Å²) in [4.78, 5) is 11.9. The van der Waals surface area contributed by atoms with Crippen LogP contribution < -0.4 is 9.80 Å². The van der Waals surface area contributed by atoms with Crippen LogP contribution >= 0.6 is 0 Å². The quantitative estimate of drug-likeness (QED) is 0.320. The minimum Gasteiger partial charge on any atom is -0.361 e. The van der Waals surface area contributed by atoms with Crippen LogP contribution in [0.5, 0.6) is 0 Å². The highest BCUT2D eigenvalue weighted by atomic mass is 15.3. The first-order valence-corrected chi connectivity index (χ1v) is 12.6. The molecule has 0 atom stereocenters. The monoisotopic (exact) mass is 468 g/mol. The molecule has 176 valence electrons. The molecule has 0 fully saturated rings. The summed E-state index contributed by atoms with van der Waals surface area (Å²) in [6.07, 6.45) is 7.21. The lowest BCUT2D eigenvalue weighted by Gasteiger charge is -2.29. The molecule has 3 aliphatic heterocycles. The number of anilines is 4. The van der Waals surface area contributed by atoms with E-state index >= 15 is 0 Å². The molecule has 36 heavy (non-hydrogen) atoms. The predicted molar refractivity (Wildman–Crippen MR) is 149 cm³/mol. The summed E-state index contributed by atoms with van der Waals surface area (Å²) < 4.78 is 0. The molecule has 3 heterocycles. The number of aliphatic imine (C=N–C) groups is 1. The van der Waals surface area contributed by atoms with Crippen molar-refractivity contribution in [1.82, 2.24) is 4.90 Å². The summed E-state index contributed by atoms with van der Waals surface area (Å²) in [5.74, 6) is 0. The Morgan fingerprint density at radius 1 is 0.667 bits per heavy atom. The number of nitrogens with zero attached hydrogens (tertiary/aromatic N) is 4. The van der Waals surface area contributed by atoms with Gasteiger partial charge in [-0.15, -0.1) is 0 Å². The molecule has 0 amide bonds. The third kappa shape index (κ3) is 3.57. The molecule has 3 aliphatic rings. The van der Waals surface area contributed by atoms with Crippen molar-refractivity contribution in [2.24, 2.45) is 4.99 Å². The smallest absolute Gasteiger partial charge is 0.0938 e. The molecule has 0 bridgehead atoms. The minimum absolute atomic E-state index is 0.862. The Labute approximate surface area is 212 Å². The molecule has 4 nitrogen and oxygen atoms in total. The van der Waals surface area contributed by atoms with E-state index in [1.54, 1.807) is 0 Å². The number of hydrogen-bond acceptors (Lipinski definition) is 4. The lowest BCUT2D eigenvalue weighted by molar-refractivity contribution is 0.496. The van der Waals surface area contributed by atoms with Gasteiger partial charge in [-0.05, 0) is 71.5 Å². The molecular formula is C32H28N4. The van der Waals surface area contributed by atoms with E-state index in [1.807, 2.05) is 0 Å². The van der Waals surface area contributed by atoms with E-state index in [-0.39, 0.29) is 0 Å². The molecule has 0 radical (unpaired) electrons. The van der Waals surface area contributed by atoms with E-state index in [0.29, 0.717) is 0 Å². The summed E-state index contributed by atoms with van der Waals surface area (Å²) >= 11 is 0. The number of aryl methyl sites for hydroxylation is 2. The lowest BCUT2D eigenvalue weighted by Crippen LogP contribution is -2.22. The Hall–Kier alpha value is -4.31. The average molecular weight is 469 g/mol. The largest absolute Gasteiger partial charge is 0.361 e. The van der Waals surface area contributed by atoms with Gasteiger partial charge in [0.1, 0.15) is 0 Å². The van der Waals surface area contributed by atoms with Crippen molar-refractivity contribution in [3.8, 4) is 0 Å². The first kappa shape index (κ1) is 21.0. The molecule has 0 unspecified atom stereocenters. The first-order chi connectivity index (χ1) is 17.7. The normalized spacial score (nSPS) is 15.9. The van der Waals surface area contributed by atoms with Crippen LogP contribution in [-0.2, 0) is 19.3 Å². The van der Waals surface area contributed by atoms with Gasteiger partial charge in [0.05, 0.1) is 18.1 Å². The highest BCUT2D eigenvalue weighted by Gasteiger charge is 2.25. The van der Waals surface area contributed by atoms with E-state index < -0.39 is 0 Å². The van der Waals surface area contributed by atoms with Gasteiger partial charge in [0, 0.05) is 48.6 Å². The van der Waals surface area contributed by atoms with Crippen molar-refractivity contribution in [2.75, 3.05) is 23.5 Å². The van der Waals surface area contributed by atoms with Crippen molar-refractivity contribution in [3.05, 3.63) is 126 Å². The van der Waals surface area contributed by atoms with Gasteiger partial charge in [-0.3, -0.25) is 4.99 Å². The SMILES string of the molecule is CN1C=CN(c2cccc(N3c4ccccc4CCc4ccc(C5=Nc6ccccc6C5)cc43)c2)C1. The second-order valence-corrected chi connectivity index (χ2v) is 9.86. The zero-order valence-electron chi connectivity index (χ0n) is 20.4. The molecule has 4 heteroatoms. The van der Waals surface area contributed by atoms with Crippen molar-refractivity contribution < 1.29 is 0 Å². The fourth-order valence-corrected chi connectivity index (χ4v) is 5.59. The van der Waals surface area contributed by atoms with Gasteiger partial charge < -0.3 is 14.7 Å². The molecule has 7 rings (SSSR count). The maximum absolute atomic E-state index is 4.99. The fourth-order valence-electron chi connectivity index (χ4n) is 5.59. The third-order valence-electron chi connectivity index (χ3n) is 7.46. The summed E-state index contributed by atoms with van der Waals surface area (Å²) in [6.45, 7) is 0.862. The van der Waals surface area contributed by atoms with Crippen LogP contribution in [0.1, 0.15) is 22.3 Å². The van der Waals surface area contributed by atoms with Gasteiger partial charge in [-0.2, -0.15) is 0 Å². The molecule has 0 aliphatic carbocycles. The maximum Gasteiger partial charge on any atom is 0.0938 e. The molecule has 4 aromatic carbocycles. The highest BCUT2D eigenvalue weighted by molar-refractivity contribution is 6.07. The average Bonchev–Trinajstić information content (AvgIpc) is 3.51. The molecular weight excluding hydrogens is 440 g/mol. The lowest BCUT2D eigenvalue weighted by atomic mass is 9.99. The molecule has 0 saturated heterocycles. The van der Waals surface area contributed by atoms with Gasteiger partial charge >= 0.3 is 0 Å². The number of para-hydroxylation sites is 2. The zero-order chi connectivity index (χ0) is 24.1. The van der Waals surface area contributed by atoms with Crippen molar-refractivity contribution in [1.29, 1.82) is 0 Å². The van der Waals surface area contributed by atoms with Gasteiger partial charge in [0.15, 0.2) is 0 Å². The summed E-state index contributed by atoms with van der Waals surface area (Å²) in [7, 11) is 2.10. The Morgan fingerprint density at radius 3 is 2.28 bits per heavy atom.